The summed E-state index contributed by atoms with van der Waals surface area (Å²) in [5.74, 6) is 1.29. The number of carbonyl (C=O) groups excluding carboxylic acids is 1. The van der Waals surface area contributed by atoms with Crippen LogP contribution < -0.4 is 11.1 Å². The molecule has 3 rings (SSSR count). The summed E-state index contributed by atoms with van der Waals surface area (Å²) in [6.45, 7) is 6.22. The first-order valence-corrected chi connectivity index (χ1v) is 9.57. The summed E-state index contributed by atoms with van der Waals surface area (Å²) in [7, 11) is 0. The Kier molecular flexibility index (Phi) is 6.56. The number of halogens is 1. The van der Waals surface area contributed by atoms with Crippen LogP contribution in [0.15, 0.2) is 24.3 Å². The fourth-order valence-corrected chi connectivity index (χ4v) is 4.64. The molecule has 140 valence electrons. The molecule has 3 N–H and O–H groups in total. The maximum Gasteiger partial charge on any atom is 0.230 e. The highest BCUT2D eigenvalue weighted by molar-refractivity contribution is 5.87. The van der Waals surface area contributed by atoms with E-state index < -0.39 is 5.41 Å². The normalized spacial score (nSPS) is 28.8. The summed E-state index contributed by atoms with van der Waals surface area (Å²) in [5, 5.41) is 3.41. The van der Waals surface area contributed by atoms with E-state index in [-0.39, 0.29) is 18.3 Å². The minimum atomic E-state index is -0.500. The van der Waals surface area contributed by atoms with Crippen molar-refractivity contribution in [2.24, 2.45) is 17.6 Å². The van der Waals surface area contributed by atoms with Gasteiger partial charge >= 0.3 is 0 Å². The first-order valence-electron chi connectivity index (χ1n) is 9.57. The second-order valence-corrected chi connectivity index (χ2v) is 8.36. The standard InChI is InChI=1S/C21H32N2O.ClH/c1-4-14-8-10-17(11-9-14)21(2,3)20(24)23-19-15-6-5-7-16(19)13-18(22)12-15;/h8-11,15-16,18-19H,4-7,12-13,22H2,1-3H3,(H,23,24);1H. The van der Waals surface area contributed by atoms with Gasteiger partial charge in [0, 0.05) is 12.1 Å². The molecule has 0 aromatic heterocycles. The number of fused-ring (bicyclic) bond motifs is 2. The molecule has 2 saturated carbocycles. The van der Waals surface area contributed by atoms with Gasteiger partial charge < -0.3 is 11.1 Å². The highest BCUT2D eigenvalue weighted by atomic mass is 35.5. The minimum absolute atomic E-state index is 0. The van der Waals surface area contributed by atoms with Crippen LogP contribution >= 0.6 is 12.4 Å². The third-order valence-electron chi connectivity index (χ3n) is 6.33. The van der Waals surface area contributed by atoms with E-state index >= 15 is 0 Å². The van der Waals surface area contributed by atoms with Gasteiger partial charge in [-0.15, -0.1) is 12.4 Å². The Hall–Kier alpha value is -1.06. The first kappa shape index (κ1) is 20.3. The Morgan fingerprint density at radius 1 is 1.16 bits per heavy atom. The molecule has 0 heterocycles. The third kappa shape index (κ3) is 4.20. The molecule has 1 aromatic rings. The lowest BCUT2D eigenvalue weighted by Gasteiger charge is -2.46. The molecule has 0 radical (unpaired) electrons. The molecule has 2 bridgehead atoms. The van der Waals surface area contributed by atoms with Crippen LogP contribution in [0.1, 0.15) is 64.0 Å². The van der Waals surface area contributed by atoms with E-state index in [1.54, 1.807) is 0 Å². The Labute approximate surface area is 158 Å². The number of rotatable bonds is 4. The zero-order chi connectivity index (χ0) is 17.3. The van der Waals surface area contributed by atoms with Crippen molar-refractivity contribution in [3.63, 3.8) is 0 Å². The quantitative estimate of drug-likeness (QED) is 0.849. The maximum absolute atomic E-state index is 13.1. The van der Waals surface area contributed by atoms with Crippen molar-refractivity contribution < 1.29 is 4.79 Å². The number of amides is 1. The predicted molar refractivity (Wildman–Crippen MR) is 106 cm³/mol. The van der Waals surface area contributed by atoms with Crippen molar-refractivity contribution >= 4 is 18.3 Å². The molecular weight excluding hydrogens is 332 g/mol. The van der Waals surface area contributed by atoms with Crippen LogP contribution in [-0.2, 0) is 16.6 Å². The van der Waals surface area contributed by atoms with Crippen molar-refractivity contribution in [1.82, 2.24) is 5.32 Å². The van der Waals surface area contributed by atoms with Crippen LogP contribution in [0, 0.1) is 11.8 Å². The van der Waals surface area contributed by atoms with E-state index in [1.807, 2.05) is 13.8 Å². The lowest BCUT2D eigenvalue weighted by molar-refractivity contribution is -0.128. The van der Waals surface area contributed by atoms with Gasteiger partial charge in [-0.2, -0.15) is 0 Å². The third-order valence-corrected chi connectivity index (χ3v) is 6.33. The van der Waals surface area contributed by atoms with E-state index in [0.717, 1.165) is 24.8 Å². The van der Waals surface area contributed by atoms with Gasteiger partial charge in [-0.1, -0.05) is 37.6 Å². The Balaban J connectivity index is 0.00000225. The van der Waals surface area contributed by atoms with Crippen LogP contribution in [0.2, 0.25) is 0 Å². The molecule has 0 aliphatic heterocycles. The smallest absolute Gasteiger partial charge is 0.230 e. The second-order valence-electron chi connectivity index (χ2n) is 8.36. The van der Waals surface area contributed by atoms with E-state index in [1.165, 1.54) is 24.8 Å². The highest BCUT2D eigenvalue weighted by Crippen LogP contribution is 2.40. The summed E-state index contributed by atoms with van der Waals surface area (Å²) >= 11 is 0. The zero-order valence-electron chi connectivity index (χ0n) is 15.8. The summed E-state index contributed by atoms with van der Waals surface area (Å²) in [4.78, 5) is 13.1. The lowest BCUT2D eigenvalue weighted by Crippen LogP contribution is -2.56. The van der Waals surface area contributed by atoms with Crippen LogP contribution in [-0.4, -0.2) is 18.0 Å². The molecule has 0 spiro atoms. The summed E-state index contributed by atoms with van der Waals surface area (Å²) in [5.41, 5.74) is 8.11. The topological polar surface area (TPSA) is 55.1 Å². The molecule has 2 unspecified atom stereocenters. The molecule has 3 nitrogen and oxygen atoms in total. The summed E-state index contributed by atoms with van der Waals surface area (Å²) < 4.78 is 0. The number of nitrogens with two attached hydrogens (primary N) is 1. The SMILES string of the molecule is CCc1ccc(C(C)(C)C(=O)NC2C3CCCC2CC(N)C3)cc1.Cl. The molecule has 2 fully saturated rings. The van der Waals surface area contributed by atoms with Crippen LogP contribution in [0.3, 0.4) is 0 Å². The molecule has 1 aromatic carbocycles. The molecule has 1 amide bonds. The number of carbonyl (C=O) groups is 1. The fraction of sp³-hybridized carbons (Fsp3) is 0.667. The number of nitrogens with one attached hydrogen (secondary N) is 1. The van der Waals surface area contributed by atoms with Crippen molar-refractivity contribution in [2.45, 2.75) is 76.8 Å². The summed E-state index contributed by atoms with van der Waals surface area (Å²) in [6, 6.07) is 9.13. The largest absolute Gasteiger partial charge is 0.352 e. The van der Waals surface area contributed by atoms with Gasteiger partial charge in [0.2, 0.25) is 5.91 Å². The lowest BCUT2D eigenvalue weighted by atomic mass is 9.66. The Bertz CT molecular complexity index is 570. The molecular formula is C21H33ClN2O. The first-order chi connectivity index (χ1) is 11.4. The molecule has 4 heteroatoms. The van der Waals surface area contributed by atoms with Gasteiger partial charge in [-0.3, -0.25) is 4.79 Å². The van der Waals surface area contributed by atoms with Crippen molar-refractivity contribution in [3.05, 3.63) is 35.4 Å². The average Bonchev–Trinajstić information content (AvgIpc) is 2.55. The maximum atomic E-state index is 13.1. The fourth-order valence-electron chi connectivity index (χ4n) is 4.64. The predicted octanol–water partition coefficient (Wildman–Crippen LogP) is 3.97. The molecule has 2 aliphatic rings. The van der Waals surface area contributed by atoms with Crippen molar-refractivity contribution in [3.8, 4) is 0 Å². The van der Waals surface area contributed by atoms with E-state index in [0.29, 0.717) is 23.9 Å². The van der Waals surface area contributed by atoms with E-state index in [4.69, 9.17) is 5.73 Å². The summed E-state index contributed by atoms with van der Waals surface area (Å²) in [6.07, 6.45) is 6.86. The average molecular weight is 365 g/mol. The van der Waals surface area contributed by atoms with Crippen LogP contribution in [0.5, 0.6) is 0 Å². The van der Waals surface area contributed by atoms with Gasteiger partial charge in [-0.25, -0.2) is 0 Å². The number of benzene rings is 1. The van der Waals surface area contributed by atoms with E-state index in [2.05, 4.69) is 36.5 Å². The molecule has 0 saturated heterocycles. The monoisotopic (exact) mass is 364 g/mol. The number of hydrogen-bond donors (Lipinski definition) is 2. The van der Waals surface area contributed by atoms with E-state index in [9.17, 15) is 4.79 Å². The Morgan fingerprint density at radius 2 is 1.72 bits per heavy atom. The molecule has 25 heavy (non-hydrogen) atoms. The van der Waals surface area contributed by atoms with Gasteiger partial charge in [0.25, 0.3) is 0 Å². The zero-order valence-corrected chi connectivity index (χ0v) is 16.6. The second kappa shape index (κ2) is 8.09. The van der Waals surface area contributed by atoms with Crippen LogP contribution in [0.25, 0.3) is 0 Å². The molecule has 2 aliphatic carbocycles. The number of aryl methyl sites for hydroxylation is 1. The molecule has 2 atom stereocenters. The van der Waals surface area contributed by atoms with Crippen molar-refractivity contribution in [1.29, 1.82) is 0 Å². The highest BCUT2D eigenvalue weighted by Gasteiger charge is 2.42. The van der Waals surface area contributed by atoms with Gasteiger partial charge in [-0.05, 0) is 68.9 Å². The van der Waals surface area contributed by atoms with Gasteiger partial charge in [0.1, 0.15) is 0 Å². The number of hydrogen-bond acceptors (Lipinski definition) is 2. The van der Waals surface area contributed by atoms with Crippen LogP contribution in [0.4, 0.5) is 0 Å². The van der Waals surface area contributed by atoms with Gasteiger partial charge in [0.05, 0.1) is 5.41 Å². The Morgan fingerprint density at radius 3 is 2.24 bits per heavy atom. The van der Waals surface area contributed by atoms with Crippen molar-refractivity contribution in [2.75, 3.05) is 0 Å². The van der Waals surface area contributed by atoms with Gasteiger partial charge in [0.15, 0.2) is 0 Å². The minimum Gasteiger partial charge on any atom is -0.352 e.